The second-order valence-electron chi connectivity index (χ2n) is 10.7. The molecule has 202 valence electrons. The number of carbonyl (C=O) groups is 1. The van der Waals surface area contributed by atoms with Crippen molar-refractivity contribution < 1.29 is 24.1 Å². The molecule has 3 aliphatic heterocycles. The molecule has 0 aromatic carbocycles. The Balaban J connectivity index is 1.17. The number of hydrogen-bond acceptors (Lipinski definition) is 10. The van der Waals surface area contributed by atoms with E-state index in [0.717, 1.165) is 80.9 Å². The summed E-state index contributed by atoms with van der Waals surface area (Å²) in [4.78, 5) is 33.8. The lowest BCUT2D eigenvalue weighted by Gasteiger charge is -2.33. The minimum atomic E-state index is -0.396. The summed E-state index contributed by atoms with van der Waals surface area (Å²) in [5.41, 5.74) is 3.46. The van der Waals surface area contributed by atoms with E-state index in [2.05, 4.69) is 19.9 Å². The highest BCUT2D eigenvalue weighted by atomic mass is 16.5. The van der Waals surface area contributed by atoms with Crippen LogP contribution in [0.4, 0.5) is 5.82 Å². The third-order valence-corrected chi connectivity index (χ3v) is 8.30. The van der Waals surface area contributed by atoms with E-state index < -0.39 is 6.10 Å². The van der Waals surface area contributed by atoms with Crippen LogP contribution in [0.1, 0.15) is 66.7 Å². The molecular weight excluding hydrogens is 486 g/mol. The Morgan fingerprint density at radius 3 is 2.76 bits per heavy atom. The van der Waals surface area contributed by atoms with Crippen molar-refractivity contribution in [3.05, 3.63) is 35.3 Å². The van der Waals surface area contributed by atoms with Gasteiger partial charge in [-0.05, 0) is 50.5 Å². The molecule has 2 saturated heterocycles. The molecule has 1 N–H and O–H groups in total. The molecule has 10 nitrogen and oxygen atoms in total. The van der Waals surface area contributed by atoms with Crippen LogP contribution in [0.2, 0.25) is 0 Å². The SMILES string of the molecule is COc1ccnc2c1C(C1CCN(c3cc(C(=O)C[C@H]4CC[C@@H]4O)nc(OC[C@H]4CCCO4)n3)CC1)=NC2. The predicted molar refractivity (Wildman–Crippen MR) is 140 cm³/mol. The highest BCUT2D eigenvalue weighted by Crippen LogP contribution is 2.35. The molecule has 0 unspecified atom stereocenters. The number of fused-ring (bicyclic) bond motifs is 1. The maximum absolute atomic E-state index is 13.1. The van der Waals surface area contributed by atoms with Gasteiger partial charge < -0.3 is 24.2 Å². The highest BCUT2D eigenvalue weighted by molar-refractivity contribution is 6.07. The molecule has 0 amide bonds. The molecule has 3 fully saturated rings. The normalized spacial score (nSPS) is 25.1. The molecule has 0 bridgehead atoms. The van der Waals surface area contributed by atoms with E-state index in [4.69, 9.17) is 19.2 Å². The highest BCUT2D eigenvalue weighted by Gasteiger charge is 2.33. The van der Waals surface area contributed by atoms with E-state index in [1.54, 1.807) is 19.4 Å². The quantitative estimate of drug-likeness (QED) is 0.497. The van der Waals surface area contributed by atoms with Crippen LogP contribution in [-0.2, 0) is 11.3 Å². The van der Waals surface area contributed by atoms with Gasteiger partial charge in [-0.3, -0.25) is 14.8 Å². The minimum Gasteiger partial charge on any atom is -0.496 e. The number of Topliss-reactive ketones (excluding diaryl/α,β-unsaturated/α-hetero) is 1. The maximum Gasteiger partial charge on any atom is 0.319 e. The third-order valence-electron chi connectivity index (χ3n) is 8.30. The topological polar surface area (TPSA) is 119 Å². The van der Waals surface area contributed by atoms with E-state index in [-0.39, 0.29) is 23.8 Å². The van der Waals surface area contributed by atoms with Crippen LogP contribution in [0.3, 0.4) is 0 Å². The number of anilines is 1. The molecule has 4 aliphatic rings. The van der Waals surface area contributed by atoms with E-state index in [1.807, 2.05) is 6.07 Å². The Kier molecular flexibility index (Phi) is 7.25. The summed E-state index contributed by atoms with van der Waals surface area (Å²) in [5.74, 6) is 1.77. The molecule has 0 spiro atoms. The number of aliphatic hydroxyl groups excluding tert-OH is 1. The zero-order valence-corrected chi connectivity index (χ0v) is 21.8. The van der Waals surface area contributed by atoms with Gasteiger partial charge in [-0.1, -0.05) is 0 Å². The zero-order valence-electron chi connectivity index (χ0n) is 21.8. The van der Waals surface area contributed by atoms with Gasteiger partial charge >= 0.3 is 6.01 Å². The Morgan fingerprint density at radius 1 is 1.18 bits per heavy atom. The van der Waals surface area contributed by atoms with Crippen LogP contribution < -0.4 is 14.4 Å². The number of piperidine rings is 1. The number of rotatable bonds is 9. The van der Waals surface area contributed by atoms with Crippen molar-refractivity contribution in [2.75, 3.05) is 38.3 Å². The first-order valence-corrected chi connectivity index (χ1v) is 13.8. The van der Waals surface area contributed by atoms with E-state index in [0.29, 0.717) is 37.0 Å². The first kappa shape index (κ1) is 25.2. The summed E-state index contributed by atoms with van der Waals surface area (Å²) in [6, 6.07) is 3.89. The van der Waals surface area contributed by atoms with E-state index >= 15 is 0 Å². The number of methoxy groups -OCH3 is 1. The molecule has 1 saturated carbocycles. The first-order chi connectivity index (χ1) is 18.6. The molecule has 1 aliphatic carbocycles. The average Bonchev–Trinajstić information content (AvgIpc) is 3.64. The second-order valence-corrected chi connectivity index (χ2v) is 10.7. The van der Waals surface area contributed by atoms with Crippen molar-refractivity contribution in [2.45, 2.75) is 63.7 Å². The van der Waals surface area contributed by atoms with Gasteiger partial charge in [0.1, 0.15) is 23.9 Å². The summed E-state index contributed by atoms with van der Waals surface area (Å²) in [7, 11) is 1.69. The minimum absolute atomic E-state index is 0.00876. The molecule has 0 radical (unpaired) electrons. The van der Waals surface area contributed by atoms with Crippen molar-refractivity contribution in [1.29, 1.82) is 0 Å². The fourth-order valence-corrected chi connectivity index (χ4v) is 5.86. The van der Waals surface area contributed by atoms with Crippen molar-refractivity contribution >= 4 is 17.3 Å². The van der Waals surface area contributed by atoms with Gasteiger partial charge in [0.15, 0.2) is 5.78 Å². The molecule has 38 heavy (non-hydrogen) atoms. The summed E-state index contributed by atoms with van der Waals surface area (Å²) in [6.45, 7) is 3.27. The van der Waals surface area contributed by atoms with Crippen molar-refractivity contribution in [3.8, 4) is 11.8 Å². The van der Waals surface area contributed by atoms with Crippen LogP contribution >= 0.6 is 0 Å². The Hall–Kier alpha value is -3.11. The van der Waals surface area contributed by atoms with Crippen LogP contribution in [0, 0.1) is 11.8 Å². The maximum atomic E-state index is 13.1. The molecule has 6 rings (SSSR count). The van der Waals surface area contributed by atoms with Gasteiger partial charge in [0.25, 0.3) is 0 Å². The summed E-state index contributed by atoms with van der Waals surface area (Å²) < 4.78 is 17.2. The van der Waals surface area contributed by atoms with Crippen LogP contribution in [0.25, 0.3) is 0 Å². The second kappa shape index (κ2) is 10.9. The number of ketones is 1. The third kappa shape index (κ3) is 5.11. The fraction of sp³-hybridized carbons (Fsp3) is 0.607. The summed E-state index contributed by atoms with van der Waals surface area (Å²) in [5, 5.41) is 9.98. The molecular formula is C28H35N5O5. The number of nitrogens with zero attached hydrogens (tertiary/aromatic N) is 5. The van der Waals surface area contributed by atoms with E-state index in [1.165, 1.54) is 0 Å². The lowest BCUT2D eigenvalue weighted by Crippen LogP contribution is -2.37. The monoisotopic (exact) mass is 521 g/mol. The lowest BCUT2D eigenvalue weighted by atomic mass is 9.78. The van der Waals surface area contributed by atoms with Crippen LogP contribution in [0.15, 0.2) is 23.3 Å². The van der Waals surface area contributed by atoms with Crippen LogP contribution in [0.5, 0.6) is 11.8 Å². The summed E-state index contributed by atoms with van der Waals surface area (Å²) in [6.07, 6.45) is 7.12. The largest absolute Gasteiger partial charge is 0.496 e. The Labute approximate surface area is 222 Å². The smallest absolute Gasteiger partial charge is 0.319 e. The molecule has 5 heterocycles. The fourth-order valence-electron chi connectivity index (χ4n) is 5.86. The number of carbonyl (C=O) groups excluding carboxylic acids is 1. The Morgan fingerprint density at radius 2 is 2.05 bits per heavy atom. The molecule has 2 aromatic rings. The van der Waals surface area contributed by atoms with Gasteiger partial charge in [-0.15, -0.1) is 0 Å². The number of aromatic nitrogens is 3. The molecule has 2 aromatic heterocycles. The number of aliphatic imine (C=N–C) groups is 1. The van der Waals surface area contributed by atoms with Gasteiger partial charge in [0, 0.05) is 44.3 Å². The van der Waals surface area contributed by atoms with Gasteiger partial charge in [0.2, 0.25) is 0 Å². The van der Waals surface area contributed by atoms with Gasteiger partial charge in [-0.2, -0.15) is 9.97 Å². The van der Waals surface area contributed by atoms with Gasteiger partial charge in [-0.25, -0.2) is 0 Å². The van der Waals surface area contributed by atoms with Crippen LogP contribution in [-0.4, -0.2) is 77.2 Å². The lowest BCUT2D eigenvalue weighted by molar-refractivity contribution is 0.0197. The number of ether oxygens (including phenoxy) is 3. The number of aliphatic hydroxyl groups is 1. The zero-order chi connectivity index (χ0) is 26.1. The standard InChI is InChI=1S/C28H35N5O5/c1-36-24-6-9-29-21-15-30-27(26(21)24)17-7-10-33(11-8-17)25-14-20(23(35)13-18-4-5-22(18)34)31-28(32-25)38-16-19-3-2-12-37-19/h6,9,14,17-19,22,34H,2-5,7-8,10-13,15-16H2,1H3/t18-,19-,22+/m1/s1. The average molecular weight is 522 g/mol. The first-order valence-electron chi connectivity index (χ1n) is 13.8. The van der Waals surface area contributed by atoms with Gasteiger partial charge in [0.05, 0.1) is 42.8 Å². The predicted octanol–water partition coefficient (Wildman–Crippen LogP) is 3.00. The van der Waals surface area contributed by atoms with Crippen molar-refractivity contribution in [1.82, 2.24) is 15.0 Å². The summed E-state index contributed by atoms with van der Waals surface area (Å²) >= 11 is 0. The number of hydrogen-bond donors (Lipinski definition) is 1. The number of pyridine rings is 1. The molecule has 3 atom stereocenters. The Bertz CT molecular complexity index is 1210. The van der Waals surface area contributed by atoms with Crippen molar-refractivity contribution in [2.24, 2.45) is 16.8 Å². The van der Waals surface area contributed by atoms with E-state index in [9.17, 15) is 9.90 Å². The van der Waals surface area contributed by atoms with Crippen molar-refractivity contribution in [3.63, 3.8) is 0 Å². The molecule has 10 heteroatoms.